The molecule has 0 radical (unpaired) electrons. The first kappa shape index (κ1) is 19.5. The molecule has 3 rings (SSSR count). The number of non-ortho nitro benzene ring substituents is 1. The second-order valence-corrected chi connectivity index (χ2v) is 8.80. The van der Waals surface area contributed by atoms with E-state index in [4.69, 9.17) is 0 Å². The van der Waals surface area contributed by atoms with Crippen LogP contribution in [0.25, 0.3) is 0 Å². The molecular weight excluding hydrogens is 366 g/mol. The number of piperazine rings is 1. The van der Waals surface area contributed by atoms with Crippen molar-refractivity contribution in [2.24, 2.45) is 0 Å². The van der Waals surface area contributed by atoms with Gasteiger partial charge in [-0.1, -0.05) is 23.8 Å². The molecule has 27 heavy (non-hydrogen) atoms. The van der Waals surface area contributed by atoms with Crippen LogP contribution < -0.4 is 0 Å². The van der Waals surface area contributed by atoms with Crippen molar-refractivity contribution in [3.8, 4) is 0 Å². The highest BCUT2D eigenvalue weighted by Crippen LogP contribution is 2.22. The largest absolute Gasteiger partial charge is 0.296 e. The Morgan fingerprint density at radius 3 is 2.22 bits per heavy atom. The summed E-state index contributed by atoms with van der Waals surface area (Å²) in [6, 6.07) is 11.4. The van der Waals surface area contributed by atoms with E-state index in [2.05, 4.69) is 36.9 Å². The van der Waals surface area contributed by atoms with Crippen LogP contribution in [0.1, 0.15) is 16.7 Å². The lowest BCUT2D eigenvalue weighted by Crippen LogP contribution is -2.48. The first-order chi connectivity index (χ1) is 12.8. The molecule has 1 saturated heterocycles. The van der Waals surface area contributed by atoms with Gasteiger partial charge in [-0.3, -0.25) is 15.0 Å². The molecule has 0 spiro atoms. The zero-order valence-electron chi connectivity index (χ0n) is 15.5. The lowest BCUT2D eigenvalue weighted by molar-refractivity contribution is -0.384. The van der Waals surface area contributed by atoms with Crippen molar-refractivity contribution in [2.75, 3.05) is 26.2 Å². The summed E-state index contributed by atoms with van der Waals surface area (Å²) < 4.78 is 27.0. The standard InChI is InChI=1S/C19H23N3O4S/c1-15-3-4-16(2)17(13-15)14-20-9-11-21(12-10-20)27(25,26)19-7-5-18(6-8-19)22(23)24/h3-8,13H,9-12,14H2,1-2H3. The molecule has 1 fully saturated rings. The summed E-state index contributed by atoms with van der Waals surface area (Å²) in [5, 5.41) is 10.7. The van der Waals surface area contributed by atoms with Crippen LogP contribution in [0.5, 0.6) is 0 Å². The van der Waals surface area contributed by atoms with Gasteiger partial charge in [-0.15, -0.1) is 0 Å². The fourth-order valence-corrected chi connectivity index (χ4v) is 4.65. The Morgan fingerprint density at radius 2 is 1.63 bits per heavy atom. The smallest absolute Gasteiger partial charge is 0.269 e. The minimum Gasteiger partial charge on any atom is -0.296 e. The van der Waals surface area contributed by atoms with Gasteiger partial charge in [0.15, 0.2) is 0 Å². The van der Waals surface area contributed by atoms with Crippen molar-refractivity contribution in [2.45, 2.75) is 25.3 Å². The molecule has 1 aliphatic heterocycles. The van der Waals surface area contributed by atoms with Gasteiger partial charge >= 0.3 is 0 Å². The summed E-state index contributed by atoms with van der Waals surface area (Å²) in [5.74, 6) is 0. The number of hydrogen-bond donors (Lipinski definition) is 0. The highest BCUT2D eigenvalue weighted by atomic mass is 32.2. The Kier molecular flexibility index (Phi) is 5.59. The number of aryl methyl sites for hydroxylation is 2. The van der Waals surface area contributed by atoms with Gasteiger partial charge in [-0.05, 0) is 37.1 Å². The van der Waals surface area contributed by atoms with Crippen LogP contribution in [0.15, 0.2) is 47.4 Å². The molecular formula is C19H23N3O4S. The van der Waals surface area contributed by atoms with Crippen LogP contribution in [0, 0.1) is 24.0 Å². The molecule has 7 nitrogen and oxygen atoms in total. The van der Waals surface area contributed by atoms with Gasteiger partial charge in [0.05, 0.1) is 9.82 Å². The van der Waals surface area contributed by atoms with E-state index in [1.807, 2.05) is 0 Å². The first-order valence-electron chi connectivity index (χ1n) is 8.80. The van der Waals surface area contributed by atoms with Gasteiger partial charge in [-0.2, -0.15) is 4.31 Å². The molecule has 2 aromatic carbocycles. The summed E-state index contributed by atoms with van der Waals surface area (Å²) in [6.07, 6.45) is 0. The molecule has 144 valence electrons. The molecule has 0 saturated carbocycles. The fraction of sp³-hybridized carbons (Fsp3) is 0.368. The summed E-state index contributed by atoms with van der Waals surface area (Å²) in [5.41, 5.74) is 3.60. The van der Waals surface area contributed by atoms with Crippen molar-refractivity contribution in [3.05, 3.63) is 69.3 Å². The van der Waals surface area contributed by atoms with E-state index in [0.717, 1.165) is 6.54 Å². The van der Waals surface area contributed by atoms with E-state index < -0.39 is 14.9 Å². The molecule has 0 bridgehead atoms. The molecule has 1 heterocycles. The molecule has 0 amide bonds. The summed E-state index contributed by atoms with van der Waals surface area (Å²) in [7, 11) is -3.63. The van der Waals surface area contributed by atoms with Gasteiger partial charge in [0, 0.05) is 44.9 Å². The Hall–Kier alpha value is -2.29. The van der Waals surface area contributed by atoms with Gasteiger partial charge in [0.2, 0.25) is 10.0 Å². The van der Waals surface area contributed by atoms with Crippen molar-refractivity contribution in [1.82, 2.24) is 9.21 Å². The van der Waals surface area contributed by atoms with E-state index in [1.54, 1.807) is 0 Å². The zero-order valence-corrected chi connectivity index (χ0v) is 16.3. The van der Waals surface area contributed by atoms with Crippen LogP contribution >= 0.6 is 0 Å². The number of nitro benzene ring substituents is 1. The monoisotopic (exact) mass is 389 g/mol. The van der Waals surface area contributed by atoms with Crippen molar-refractivity contribution >= 4 is 15.7 Å². The average Bonchev–Trinajstić information content (AvgIpc) is 2.65. The third-order valence-corrected chi connectivity index (χ3v) is 6.83. The van der Waals surface area contributed by atoms with E-state index in [9.17, 15) is 18.5 Å². The maximum Gasteiger partial charge on any atom is 0.269 e. The van der Waals surface area contributed by atoms with Crippen molar-refractivity contribution in [3.63, 3.8) is 0 Å². The highest BCUT2D eigenvalue weighted by Gasteiger charge is 2.29. The second-order valence-electron chi connectivity index (χ2n) is 6.86. The molecule has 0 N–H and O–H groups in total. The number of sulfonamides is 1. The Balaban J connectivity index is 1.65. The SMILES string of the molecule is Cc1ccc(C)c(CN2CCN(S(=O)(=O)c3ccc([N+](=O)[O-])cc3)CC2)c1. The molecule has 2 aromatic rings. The average molecular weight is 389 g/mol. The summed E-state index contributed by atoms with van der Waals surface area (Å²) >= 11 is 0. The molecule has 0 aliphatic carbocycles. The number of benzene rings is 2. The van der Waals surface area contributed by atoms with Crippen LogP contribution in [0.2, 0.25) is 0 Å². The van der Waals surface area contributed by atoms with Crippen molar-refractivity contribution < 1.29 is 13.3 Å². The normalized spacial score (nSPS) is 16.4. The zero-order chi connectivity index (χ0) is 19.6. The molecule has 0 aromatic heterocycles. The predicted octanol–water partition coefficient (Wildman–Crippen LogP) is 2.72. The quantitative estimate of drug-likeness (QED) is 0.580. The number of nitro groups is 1. The van der Waals surface area contributed by atoms with Gasteiger partial charge in [0.1, 0.15) is 0 Å². The van der Waals surface area contributed by atoms with Crippen molar-refractivity contribution in [1.29, 1.82) is 0 Å². The molecule has 1 aliphatic rings. The first-order valence-corrected chi connectivity index (χ1v) is 10.2. The van der Waals surface area contributed by atoms with Gasteiger partial charge in [-0.25, -0.2) is 8.42 Å². The second kappa shape index (κ2) is 7.75. The van der Waals surface area contributed by atoms with E-state index >= 15 is 0 Å². The third kappa shape index (κ3) is 4.35. The van der Waals surface area contributed by atoms with Gasteiger partial charge in [0.25, 0.3) is 5.69 Å². The molecule has 8 heteroatoms. The minimum absolute atomic E-state index is 0.0936. The number of rotatable bonds is 5. The predicted molar refractivity (Wildman–Crippen MR) is 103 cm³/mol. The van der Waals surface area contributed by atoms with Crippen LogP contribution in [0.3, 0.4) is 0 Å². The molecule has 0 atom stereocenters. The van der Waals surface area contributed by atoms with Crippen LogP contribution in [0.4, 0.5) is 5.69 Å². The van der Waals surface area contributed by atoms with Crippen LogP contribution in [-0.4, -0.2) is 48.7 Å². The maximum atomic E-state index is 12.8. The van der Waals surface area contributed by atoms with E-state index in [-0.39, 0.29) is 10.6 Å². The number of nitrogens with zero attached hydrogens (tertiary/aromatic N) is 3. The van der Waals surface area contributed by atoms with E-state index in [1.165, 1.54) is 45.3 Å². The number of hydrogen-bond acceptors (Lipinski definition) is 5. The summed E-state index contributed by atoms with van der Waals surface area (Å²) in [4.78, 5) is 12.5. The lowest BCUT2D eigenvalue weighted by Gasteiger charge is -2.34. The van der Waals surface area contributed by atoms with Gasteiger partial charge < -0.3 is 0 Å². The highest BCUT2D eigenvalue weighted by molar-refractivity contribution is 7.89. The Morgan fingerprint density at radius 1 is 1.00 bits per heavy atom. The van der Waals surface area contributed by atoms with Crippen LogP contribution in [-0.2, 0) is 16.6 Å². The Bertz CT molecular complexity index is 934. The maximum absolute atomic E-state index is 12.8. The fourth-order valence-electron chi connectivity index (χ4n) is 3.23. The Labute approximate surface area is 159 Å². The molecule has 0 unspecified atom stereocenters. The lowest BCUT2D eigenvalue weighted by atomic mass is 10.1. The third-order valence-electron chi connectivity index (χ3n) is 4.92. The van der Waals surface area contributed by atoms with E-state index in [0.29, 0.717) is 26.2 Å². The topological polar surface area (TPSA) is 83.8 Å². The summed E-state index contributed by atoms with van der Waals surface area (Å²) in [6.45, 7) is 7.08. The minimum atomic E-state index is -3.63.